The van der Waals surface area contributed by atoms with Gasteiger partial charge in [0, 0.05) is 63.0 Å². The molecule has 2 aliphatic rings. The third-order valence-electron chi connectivity index (χ3n) is 7.11. The van der Waals surface area contributed by atoms with E-state index in [1.165, 1.54) is 11.1 Å². The number of nitrogens with one attached hydrogen (secondary N) is 1. The Balaban J connectivity index is 1.20. The number of amides is 2. The highest BCUT2D eigenvalue weighted by Crippen LogP contribution is 2.31. The summed E-state index contributed by atoms with van der Waals surface area (Å²) in [5, 5.41) is 3.66. The maximum atomic E-state index is 13.2. The van der Waals surface area contributed by atoms with Gasteiger partial charge in [-0.15, -0.1) is 0 Å². The molecule has 0 radical (unpaired) electrons. The number of carbonyl (C=O) groups is 1. The van der Waals surface area contributed by atoms with E-state index in [4.69, 9.17) is 0 Å². The van der Waals surface area contributed by atoms with Gasteiger partial charge in [-0.05, 0) is 29.2 Å². The second-order valence-electron chi connectivity index (χ2n) is 9.50. The predicted molar refractivity (Wildman–Crippen MR) is 131 cm³/mol. The van der Waals surface area contributed by atoms with Crippen LogP contribution in [0, 0.1) is 0 Å². The molecule has 36 heavy (non-hydrogen) atoms. The molecular formula is C28H29F3N4O. The summed E-state index contributed by atoms with van der Waals surface area (Å²) in [6, 6.07) is 21.9. The molecule has 0 bridgehead atoms. The van der Waals surface area contributed by atoms with Crippen molar-refractivity contribution < 1.29 is 18.0 Å². The lowest BCUT2D eigenvalue weighted by molar-refractivity contribution is -0.137. The van der Waals surface area contributed by atoms with Gasteiger partial charge in [0.05, 0.1) is 5.56 Å². The van der Waals surface area contributed by atoms with Crippen LogP contribution in [0.2, 0.25) is 0 Å². The first-order valence-corrected chi connectivity index (χ1v) is 12.3. The third kappa shape index (κ3) is 5.38. The van der Waals surface area contributed by atoms with Gasteiger partial charge in [-0.25, -0.2) is 4.79 Å². The molecule has 1 N–H and O–H groups in total. The van der Waals surface area contributed by atoms with Crippen LogP contribution >= 0.6 is 0 Å². The summed E-state index contributed by atoms with van der Waals surface area (Å²) in [7, 11) is 0. The third-order valence-corrected chi connectivity index (χ3v) is 7.11. The number of hydrogen-bond donors (Lipinski definition) is 1. The number of rotatable bonds is 5. The molecule has 5 nitrogen and oxygen atoms in total. The lowest BCUT2D eigenvalue weighted by Crippen LogP contribution is -2.46. The minimum Gasteiger partial charge on any atom is -0.323 e. The zero-order valence-electron chi connectivity index (χ0n) is 19.9. The molecular weight excluding hydrogens is 465 g/mol. The topological polar surface area (TPSA) is 48.5 Å². The molecule has 0 spiro atoms. The average molecular weight is 495 g/mol. The fourth-order valence-electron chi connectivity index (χ4n) is 5.13. The summed E-state index contributed by atoms with van der Waals surface area (Å²) in [4.78, 5) is 20.6. The molecule has 1 atom stereocenters. The standard InChI is InChI=1S/C28H29F3N4O/c29-28(30,31)23-15-22-18-34(14-12-26(22)33-16-23)27(36)35-13-11-24(19-35)32-17-25(20-7-3-1-4-8-20)21-9-5-2-6-10-21/h1-10,15-16,24-25,32H,11-14,17-19H2. The van der Waals surface area contributed by atoms with E-state index in [0.29, 0.717) is 37.3 Å². The van der Waals surface area contributed by atoms with Crippen LogP contribution in [0.4, 0.5) is 18.0 Å². The van der Waals surface area contributed by atoms with Gasteiger partial charge in [-0.2, -0.15) is 13.2 Å². The van der Waals surface area contributed by atoms with Crippen molar-refractivity contribution in [2.24, 2.45) is 0 Å². The quantitative estimate of drug-likeness (QED) is 0.539. The van der Waals surface area contributed by atoms with E-state index < -0.39 is 11.7 Å². The Bertz CT molecular complexity index is 1150. The van der Waals surface area contributed by atoms with Gasteiger partial charge < -0.3 is 15.1 Å². The smallest absolute Gasteiger partial charge is 0.323 e. The van der Waals surface area contributed by atoms with E-state index >= 15 is 0 Å². The highest BCUT2D eigenvalue weighted by Gasteiger charge is 2.34. The molecule has 2 aliphatic heterocycles. The number of carbonyl (C=O) groups excluding carboxylic acids is 1. The Hall–Kier alpha value is -3.39. The highest BCUT2D eigenvalue weighted by atomic mass is 19.4. The molecule has 2 aromatic carbocycles. The maximum Gasteiger partial charge on any atom is 0.417 e. The zero-order chi connectivity index (χ0) is 25.1. The minimum atomic E-state index is -4.44. The summed E-state index contributed by atoms with van der Waals surface area (Å²) in [6.45, 7) is 2.58. The van der Waals surface area contributed by atoms with Crippen LogP contribution in [0.3, 0.4) is 0 Å². The molecule has 188 valence electrons. The Kier molecular flexibility index (Phi) is 6.96. The van der Waals surface area contributed by atoms with E-state index in [1.807, 2.05) is 41.3 Å². The average Bonchev–Trinajstić information content (AvgIpc) is 3.37. The molecule has 1 unspecified atom stereocenters. The van der Waals surface area contributed by atoms with Crippen LogP contribution in [0.25, 0.3) is 0 Å². The van der Waals surface area contributed by atoms with Gasteiger partial charge in [0.2, 0.25) is 0 Å². The summed E-state index contributed by atoms with van der Waals surface area (Å²) >= 11 is 0. The summed E-state index contributed by atoms with van der Waals surface area (Å²) in [6.07, 6.45) is -2.26. The Morgan fingerprint density at radius 1 is 1.00 bits per heavy atom. The number of halogens is 3. The van der Waals surface area contributed by atoms with Gasteiger partial charge in [-0.1, -0.05) is 60.7 Å². The maximum absolute atomic E-state index is 13.2. The molecule has 8 heteroatoms. The van der Waals surface area contributed by atoms with Gasteiger partial charge in [-0.3, -0.25) is 4.98 Å². The van der Waals surface area contributed by atoms with E-state index in [1.54, 1.807) is 4.90 Å². The first-order valence-electron chi connectivity index (χ1n) is 12.3. The van der Waals surface area contributed by atoms with Crippen molar-refractivity contribution in [2.75, 3.05) is 26.2 Å². The number of nitrogens with zero attached hydrogens (tertiary/aromatic N) is 3. The van der Waals surface area contributed by atoms with Crippen LogP contribution in [0.5, 0.6) is 0 Å². The number of fused-ring (bicyclic) bond motifs is 1. The fraction of sp³-hybridized carbons (Fsp3) is 0.357. The number of likely N-dealkylation sites (tertiary alicyclic amines) is 1. The van der Waals surface area contributed by atoms with Gasteiger partial charge in [0.1, 0.15) is 0 Å². The van der Waals surface area contributed by atoms with Crippen molar-refractivity contribution in [3.8, 4) is 0 Å². The molecule has 0 aliphatic carbocycles. The van der Waals surface area contributed by atoms with Crippen molar-refractivity contribution in [1.82, 2.24) is 20.1 Å². The minimum absolute atomic E-state index is 0.120. The summed E-state index contributed by atoms with van der Waals surface area (Å²) in [5.74, 6) is 0.200. The number of urea groups is 1. The molecule has 3 aromatic rings. The van der Waals surface area contributed by atoms with Crippen molar-refractivity contribution in [2.45, 2.75) is 37.5 Å². The predicted octanol–water partition coefficient (Wildman–Crippen LogP) is 5.07. The number of pyridine rings is 1. The number of benzene rings is 2. The largest absolute Gasteiger partial charge is 0.417 e. The molecule has 5 rings (SSSR count). The molecule has 0 saturated carbocycles. The van der Waals surface area contributed by atoms with E-state index in [2.05, 4.69) is 34.6 Å². The Morgan fingerprint density at radius 3 is 2.31 bits per heavy atom. The highest BCUT2D eigenvalue weighted by molar-refractivity contribution is 5.75. The van der Waals surface area contributed by atoms with Crippen molar-refractivity contribution >= 4 is 6.03 Å². The van der Waals surface area contributed by atoms with Crippen molar-refractivity contribution in [3.63, 3.8) is 0 Å². The number of alkyl halides is 3. The molecule has 1 aromatic heterocycles. The zero-order valence-corrected chi connectivity index (χ0v) is 19.9. The van der Waals surface area contributed by atoms with E-state index in [9.17, 15) is 18.0 Å². The van der Waals surface area contributed by atoms with Crippen LogP contribution in [-0.4, -0.2) is 53.0 Å². The Labute approximate surface area is 208 Å². The SMILES string of the molecule is O=C(N1CCc2ncc(C(F)(F)F)cc2C1)N1CCC(NCC(c2ccccc2)c2ccccc2)C1. The summed E-state index contributed by atoms with van der Waals surface area (Å²) in [5.41, 5.74) is 2.82. The van der Waals surface area contributed by atoms with Crippen LogP contribution in [-0.2, 0) is 19.1 Å². The van der Waals surface area contributed by atoms with E-state index in [0.717, 1.165) is 25.2 Å². The van der Waals surface area contributed by atoms with Gasteiger partial charge in [0.25, 0.3) is 0 Å². The lowest BCUT2D eigenvalue weighted by atomic mass is 9.91. The second-order valence-corrected chi connectivity index (χ2v) is 9.50. The summed E-state index contributed by atoms with van der Waals surface area (Å²) < 4.78 is 39.3. The Morgan fingerprint density at radius 2 is 1.67 bits per heavy atom. The lowest BCUT2D eigenvalue weighted by Gasteiger charge is -2.32. The molecule has 2 amide bonds. The monoisotopic (exact) mass is 494 g/mol. The van der Waals surface area contributed by atoms with Crippen LogP contribution in [0.15, 0.2) is 72.9 Å². The van der Waals surface area contributed by atoms with Gasteiger partial charge in [0.15, 0.2) is 0 Å². The number of hydrogen-bond acceptors (Lipinski definition) is 3. The molecule has 3 heterocycles. The van der Waals surface area contributed by atoms with Crippen LogP contribution in [0.1, 0.15) is 40.3 Å². The first kappa shape index (κ1) is 24.3. The van der Waals surface area contributed by atoms with Crippen LogP contribution < -0.4 is 5.32 Å². The first-order chi connectivity index (χ1) is 17.4. The fourth-order valence-corrected chi connectivity index (χ4v) is 5.13. The molecule has 1 saturated heterocycles. The van der Waals surface area contributed by atoms with E-state index in [-0.39, 0.29) is 24.5 Å². The normalized spacial score (nSPS) is 17.9. The van der Waals surface area contributed by atoms with Gasteiger partial charge >= 0.3 is 12.2 Å². The van der Waals surface area contributed by atoms with Crippen molar-refractivity contribution in [1.29, 1.82) is 0 Å². The second kappa shape index (κ2) is 10.3. The number of aromatic nitrogens is 1. The van der Waals surface area contributed by atoms with Crippen molar-refractivity contribution in [3.05, 3.63) is 101 Å². The molecule has 1 fully saturated rings.